The van der Waals surface area contributed by atoms with Crippen LogP contribution in [0.25, 0.3) is 11.4 Å². The van der Waals surface area contributed by atoms with Crippen LogP contribution in [0.3, 0.4) is 0 Å². The van der Waals surface area contributed by atoms with Crippen molar-refractivity contribution >= 4 is 0 Å². The Kier molecular flexibility index (Phi) is 3.66. The lowest BCUT2D eigenvalue weighted by molar-refractivity contribution is 0.997. The lowest BCUT2D eigenvalue weighted by Crippen LogP contribution is -1.91. The molecule has 0 bridgehead atoms. The van der Waals surface area contributed by atoms with E-state index in [0.29, 0.717) is 0 Å². The largest absolute Gasteiger partial charge is 0.255 e. The monoisotopic (exact) mass is 224 g/mol. The molecule has 0 fully saturated rings. The number of pyridine rings is 2. The fourth-order valence-electron chi connectivity index (χ4n) is 1.71. The van der Waals surface area contributed by atoms with E-state index in [9.17, 15) is 0 Å². The molecule has 2 nitrogen and oxygen atoms in total. The summed E-state index contributed by atoms with van der Waals surface area (Å²) in [5.74, 6) is 0. The molecule has 2 heteroatoms. The summed E-state index contributed by atoms with van der Waals surface area (Å²) in [5.41, 5.74) is 4.35. The predicted octanol–water partition coefficient (Wildman–Crippen LogP) is 3.57. The number of aryl methyl sites for hydroxylation is 2. The Labute approximate surface area is 102 Å². The summed E-state index contributed by atoms with van der Waals surface area (Å²) in [6.45, 7) is 5.80. The van der Waals surface area contributed by atoms with Gasteiger partial charge >= 0.3 is 0 Å². The molecule has 0 unspecified atom stereocenters. The molecule has 0 amide bonds. The average molecular weight is 224 g/mol. The third kappa shape index (κ3) is 3.00. The first-order valence-corrected chi connectivity index (χ1v) is 5.78. The Morgan fingerprint density at radius 2 is 1.82 bits per heavy atom. The molecular weight excluding hydrogens is 208 g/mol. The van der Waals surface area contributed by atoms with Crippen LogP contribution in [-0.2, 0) is 6.42 Å². The first-order valence-electron chi connectivity index (χ1n) is 5.78. The Balaban J connectivity index is 2.29. The van der Waals surface area contributed by atoms with Crippen LogP contribution < -0.4 is 0 Å². The SMILES string of the molecule is C=CCCc1ccnc(-c2cc(C)ccn2)c1. The minimum Gasteiger partial charge on any atom is -0.255 e. The van der Waals surface area contributed by atoms with Crippen LogP contribution in [0, 0.1) is 6.92 Å². The van der Waals surface area contributed by atoms with Crippen molar-refractivity contribution in [2.45, 2.75) is 19.8 Å². The predicted molar refractivity (Wildman–Crippen MR) is 70.7 cm³/mol. The van der Waals surface area contributed by atoms with Crippen molar-refractivity contribution < 1.29 is 0 Å². The summed E-state index contributed by atoms with van der Waals surface area (Å²) in [4.78, 5) is 8.72. The standard InChI is InChI=1S/C15H16N2/c1-3-4-5-13-7-9-17-15(11-13)14-10-12(2)6-8-16-14/h3,6-11H,1,4-5H2,2H3. The fourth-order valence-corrected chi connectivity index (χ4v) is 1.71. The Morgan fingerprint density at radius 1 is 1.12 bits per heavy atom. The second-order valence-electron chi connectivity index (χ2n) is 4.10. The molecule has 0 atom stereocenters. The first-order chi connectivity index (χ1) is 8.29. The van der Waals surface area contributed by atoms with Gasteiger partial charge in [0.1, 0.15) is 0 Å². The van der Waals surface area contributed by atoms with Gasteiger partial charge in [-0.15, -0.1) is 6.58 Å². The Bertz CT molecular complexity index is 518. The number of hydrogen-bond donors (Lipinski definition) is 0. The summed E-state index contributed by atoms with van der Waals surface area (Å²) in [6, 6.07) is 8.19. The van der Waals surface area contributed by atoms with Crippen LogP contribution >= 0.6 is 0 Å². The van der Waals surface area contributed by atoms with E-state index < -0.39 is 0 Å². The van der Waals surface area contributed by atoms with Crippen molar-refractivity contribution in [2.75, 3.05) is 0 Å². The van der Waals surface area contributed by atoms with Gasteiger partial charge in [-0.3, -0.25) is 9.97 Å². The average Bonchev–Trinajstić information content (AvgIpc) is 2.37. The van der Waals surface area contributed by atoms with Gasteiger partial charge in [-0.25, -0.2) is 0 Å². The van der Waals surface area contributed by atoms with Crippen molar-refractivity contribution in [3.63, 3.8) is 0 Å². The third-order valence-electron chi connectivity index (χ3n) is 2.64. The first kappa shape index (κ1) is 11.5. The fraction of sp³-hybridized carbons (Fsp3) is 0.200. The maximum Gasteiger partial charge on any atom is 0.0888 e. The van der Waals surface area contributed by atoms with Crippen LogP contribution in [0.2, 0.25) is 0 Å². The van der Waals surface area contributed by atoms with E-state index in [4.69, 9.17) is 0 Å². The highest BCUT2D eigenvalue weighted by molar-refractivity contribution is 5.55. The topological polar surface area (TPSA) is 25.8 Å². The summed E-state index contributed by atoms with van der Waals surface area (Å²) in [5, 5.41) is 0. The van der Waals surface area contributed by atoms with Crippen LogP contribution in [0.5, 0.6) is 0 Å². The lowest BCUT2D eigenvalue weighted by atomic mass is 10.1. The molecule has 0 aliphatic heterocycles. The molecule has 2 aromatic rings. The van der Waals surface area contributed by atoms with Crippen LogP contribution in [-0.4, -0.2) is 9.97 Å². The minimum absolute atomic E-state index is 0.936. The van der Waals surface area contributed by atoms with E-state index in [1.165, 1.54) is 11.1 Å². The summed E-state index contributed by atoms with van der Waals surface area (Å²) >= 11 is 0. The molecule has 0 aliphatic carbocycles. The maximum absolute atomic E-state index is 4.37. The molecule has 0 aliphatic rings. The van der Waals surface area contributed by atoms with Gasteiger partial charge in [-0.05, 0) is 55.2 Å². The Hall–Kier alpha value is -1.96. The molecule has 0 saturated carbocycles. The molecule has 0 saturated heterocycles. The zero-order chi connectivity index (χ0) is 12.1. The van der Waals surface area contributed by atoms with Crippen molar-refractivity contribution in [3.8, 4) is 11.4 Å². The molecule has 17 heavy (non-hydrogen) atoms. The quantitative estimate of drug-likeness (QED) is 0.742. The van der Waals surface area contributed by atoms with Crippen molar-refractivity contribution in [2.24, 2.45) is 0 Å². The second kappa shape index (κ2) is 5.39. The molecule has 0 aromatic carbocycles. The van der Waals surface area contributed by atoms with Gasteiger partial charge in [0.05, 0.1) is 11.4 Å². The maximum atomic E-state index is 4.37. The van der Waals surface area contributed by atoms with Gasteiger partial charge in [0, 0.05) is 12.4 Å². The van der Waals surface area contributed by atoms with E-state index in [0.717, 1.165) is 24.2 Å². The molecular formula is C15H16N2. The van der Waals surface area contributed by atoms with Crippen molar-refractivity contribution in [3.05, 3.63) is 60.4 Å². The highest BCUT2D eigenvalue weighted by atomic mass is 14.8. The van der Waals surface area contributed by atoms with E-state index in [-0.39, 0.29) is 0 Å². The van der Waals surface area contributed by atoms with Crippen LogP contribution in [0.1, 0.15) is 17.5 Å². The second-order valence-corrected chi connectivity index (χ2v) is 4.10. The van der Waals surface area contributed by atoms with E-state index >= 15 is 0 Å². The summed E-state index contributed by atoms with van der Waals surface area (Å²) < 4.78 is 0. The van der Waals surface area contributed by atoms with Crippen molar-refractivity contribution in [1.82, 2.24) is 9.97 Å². The molecule has 2 heterocycles. The zero-order valence-corrected chi connectivity index (χ0v) is 10.1. The minimum atomic E-state index is 0.936. The molecule has 0 N–H and O–H groups in total. The van der Waals surface area contributed by atoms with E-state index in [1.54, 1.807) is 0 Å². The number of hydrogen-bond acceptors (Lipinski definition) is 2. The van der Waals surface area contributed by atoms with Gasteiger partial charge < -0.3 is 0 Å². The lowest BCUT2D eigenvalue weighted by Gasteiger charge is -2.03. The third-order valence-corrected chi connectivity index (χ3v) is 2.64. The number of nitrogens with zero attached hydrogens (tertiary/aromatic N) is 2. The molecule has 86 valence electrons. The molecule has 0 radical (unpaired) electrons. The number of allylic oxidation sites excluding steroid dienone is 1. The van der Waals surface area contributed by atoms with Gasteiger partial charge in [0.25, 0.3) is 0 Å². The number of rotatable bonds is 4. The van der Waals surface area contributed by atoms with E-state index in [2.05, 4.69) is 35.6 Å². The van der Waals surface area contributed by atoms with Gasteiger partial charge in [-0.1, -0.05) is 6.08 Å². The molecule has 0 spiro atoms. The highest BCUT2D eigenvalue weighted by Crippen LogP contribution is 2.17. The smallest absolute Gasteiger partial charge is 0.0888 e. The molecule has 2 rings (SSSR count). The van der Waals surface area contributed by atoms with Gasteiger partial charge in [0.15, 0.2) is 0 Å². The summed E-state index contributed by atoms with van der Waals surface area (Å²) in [7, 11) is 0. The van der Waals surface area contributed by atoms with E-state index in [1.807, 2.05) is 30.6 Å². The van der Waals surface area contributed by atoms with Gasteiger partial charge in [0.2, 0.25) is 0 Å². The van der Waals surface area contributed by atoms with Gasteiger partial charge in [-0.2, -0.15) is 0 Å². The highest BCUT2D eigenvalue weighted by Gasteiger charge is 2.02. The van der Waals surface area contributed by atoms with Crippen LogP contribution in [0.15, 0.2) is 49.3 Å². The Morgan fingerprint density at radius 3 is 2.53 bits per heavy atom. The zero-order valence-electron chi connectivity index (χ0n) is 10.1. The molecule has 2 aromatic heterocycles. The summed E-state index contributed by atoms with van der Waals surface area (Å²) in [6.07, 6.45) is 7.60. The van der Waals surface area contributed by atoms with Crippen LogP contribution in [0.4, 0.5) is 0 Å². The van der Waals surface area contributed by atoms with Crippen molar-refractivity contribution in [1.29, 1.82) is 0 Å². The number of aromatic nitrogens is 2. The normalized spacial score (nSPS) is 10.2.